The van der Waals surface area contributed by atoms with Crippen LogP contribution in [0, 0.1) is 5.92 Å². The van der Waals surface area contributed by atoms with Crippen LogP contribution in [0.5, 0.6) is 0 Å². The van der Waals surface area contributed by atoms with Gasteiger partial charge in [-0.15, -0.1) is 12.4 Å². The molecule has 1 heterocycles. The van der Waals surface area contributed by atoms with E-state index in [1.807, 2.05) is 29.2 Å². The average Bonchev–Trinajstić information content (AvgIpc) is 2.88. The van der Waals surface area contributed by atoms with Gasteiger partial charge in [-0.3, -0.25) is 9.59 Å². The highest BCUT2D eigenvalue weighted by Crippen LogP contribution is 2.17. The van der Waals surface area contributed by atoms with Crippen molar-refractivity contribution >= 4 is 45.9 Å². The highest BCUT2D eigenvalue weighted by Gasteiger charge is 2.27. The first-order chi connectivity index (χ1) is 9.54. The molecular weight excluding hydrogens is 360 g/mol. The molecule has 1 fully saturated rings. The van der Waals surface area contributed by atoms with Crippen LogP contribution in [-0.2, 0) is 9.59 Å². The van der Waals surface area contributed by atoms with E-state index in [1.54, 1.807) is 0 Å². The lowest BCUT2D eigenvalue weighted by Crippen LogP contribution is -2.27. The number of hydrogen-bond donors (Lipinski definition) is 2. The third kappa shape index (κ3) is 5.65. The summed E-state index contributed by atoms with van der Waals surface area (Å²) in [6.45, 7) is 1.90. The molecule has 7 heteroatoms. The van der Waals surface area contributed by atoms with E-state index < -0.39 is 5.97 Å². The molecule has 0 saturated carbocycles. The summed E-state index contributed by atoms with van der Waals surface area (Å²) in [6, 6.07) is 7.40. The topological polar surface area (TPSA) is 69.6 Å². The van der Waals surface area contributed by atoms with Crippen LogP contribution < -0.4 is 5.32 Å². The number of amides is 1. The summed E-state index contributed by atoms with van der Waals surface area (Å²) in [6.07, 6.45) is 1.05. The summed E-state index contributed by atoms with van der Waals surface area (Å²) in [5, 5.41) is 11.7. The average molecular weight is 378 g/mol. The number of carbonyl (C=O) groups is 2. The van der Waals surface area contributed by atoms with Crippen molar-refractivity contribution in [3.63, 3.8) is 0 Å². The standard InChI is InChI=1S/C14H17BrN2O3.ClH/c15-11-1-3-12(4-2-11)16-13(18)6-8-17-7-5-10(9-17)14(19)20;/h1-4,10H,5-9H2,(H,16,18)(H,19,20);1H. The summed E-state index contributed by atoms with van der Waals surface area (Å²) in [5.74, 6) is -1.08. The third-order valence-corrected chi connectivity index (χ3v) is 3.93. The molecular formula is C14H18BrClN2O3. The molecule has 0 aliphatic carbocycles. The number of hydrogen-bond acceptors (Lipinski definition) is 3. The second kappa shape index (κ2) is 8.36. The molecule has 1 saturated heterocycles. The lowest BCUT2D eigenvalue weighted by Gasteiger charge is -2.14. The highest BCUT2D eigenvalue weighted by atomic mass is 79.9. The van der Waals surface area contributed by atoms with Crippen LogP contribution >= 0.6 is 28.3 Å². The van der Waals surface area contributed by atoms with E-state index in [-0.39, 0.29) is 24.2 Å². The van der Waals surface area contributed by atoms with Crippen molar-refractivity contribution in [1.82, 2.24) is 4.90 Å². The Balaban J connectivity index is 0.00000220. The molecule has 2 rings (SSSR count). The number of nitrogens with zero attached hydrogens (tertiary/aromatic N) is 1. The predicted molar refractivity (Wildman–Crippen MR) is 86.8 cm³/mol. The van der Waals surface area contributed by atoms with Crippen LogP contribution in [0.4, 0.5) is 5.69 Å². The minimum Gasteiger partial charge on any atom is -0.481 e. The minimum absolute atomic E-state index is 0. The number of nitrogens with one attached hydrogen (secondary N) is 1. The summed E-state index contributed by atoms with van der Waals surface area (Å²) < 4.78 is 0.965. The smallest absolute Gasteiger partial charge is 0.307 e. The summed E-state index contributed by atoms with van der Waals surface area (Å²) >= 11 is 3.34. The van der Waals surface area contributed by atoms with Crippen molar-refractivity contribution in [3.8, 4) is 0 Å². The van der Waals surface area contributed by atoms with Gasteiger partial charge in [0.25, 0.3) is 0 Å². The maximum Gasteiger partial charge on any atom is 0.307 e. The zero-order valence-corrected chi connectivity index (χ0v) is 13.8. The molecule has 1 atom stereocenters. The van der Waals surface area contributed by atoms with Gasteiger partial charge in [0.2, 0.25) is 5.91 Å². The van der Waals surface area contributed by atoms with Gasteiger partial charge in [0.15, 0.2) is 0 Å². The molecule has 0 bridgehead atoms. The van der Waals surface area contributed by atoms with Gasteiger partial charge in [0, 0.05) is 29.7 Å². The van der Waals surface area contributed by atoms with Crippen molar-refractivity contribution in [2.75, 3.05) is 25.0 Å². The van der Waals surface area contributed by atoms with Crippen molar-refractivity contribution in [3.05, 3.63) is 28.7 Å². The Bertz CT molecular complexity index is 495. The second-order valence-corrected chi connectivity index (χ2v) is 5.85. The van der Waals surface area contributed by atoms with Crippen LogP contribution in [0.3, 0.4) is 0 Å². The quantitative estimate of drug-likeness (QED) is 0.827. The fourth-order valence-corrected chi connectivity index (χ4v) is 2.52. The molecule has 1 amide bonds. The largest absolute Gasteiger partial charge is 0.481 e. The Morgan fingerprint density at radius 3 is 2.57 bits per heavy atom. The zero-order chi connectivity index (χ0) is 14.5. The first kappa shape index (κ1) is 17.9. The molecule has 1 aliphatic heterocycles. The minimum atomic E-state index is -0.744. The SMILES string of the molecule is Cl.O=C(CCN1CCC(C(=O)O)C1)Nc1ccc(Br)cc1. The van der Waals surface area contributed by atoms with Crippen molar-refractivity contribution < 1.29 is 14.7 Å². The van der Waals surface area contributed by atoms with E-state index in [2.05, 4.69) is 21.2 Å². The monoisotopic (exact) mass is 376 g/mol. The van der Waals surface area contributed by atoms with Crippen molar-refractivity contribution in [2.45, 2.75) is 12.8 Å². The number of carbonyl (C=O) groups excluding carboxylic acids is 1. The van der Waals surface area contributed by atoms with Gasteiger partial charge in [0.1, 0.15) is 0 Å². The van der Waals surface area contributed by atoms with E-state index in [4.69, 9.17) is 5.11 Å². The molecule has 1 aromatic carbocycles. The van der Waals surface area contributed by atoms with Gasteiger partial charge in [-0.05, 0) is 37.2 Å². The first-order valence-corrected chi connectivity index (χ1v) is 7.34. The number of likely N-dealkylation sites (tertiary alicyclic amines) is 1. The lowest BCUT2D eigenvalue weighted by atomic mass is 10.1. The maximum absolute atomic E-state index is 11.8. The molecule has 0 radical (unpaired) electrons. The molecule has 116 valence electrons. The van der Waals surface area contributed by atoms with Gasteiger partial charge in [-0.1, -0.05) is 15.9 Å². The van der Waals surface area contributed by atoms with Crippen LogP contribution in [0.2, 0.25) is 0 Å². The Morgan fingerprint density at radius 2 is 2.00 bits per heavy atom. The van der Waals surface area contributed by atoms with Gasteiger partial charge in [0.05, 0.1) is 5.92 Å². The summed E-state index contributed by atoms with van der Waals surface area (Å²) in [5.41, 5.74) is 0.767. The second-order valence-electron chi connectivity index (χ2n) is 4.93. The first-order valence-electron chi connectivity index (χ1n) is 6.55. The molecule has 1 aromatic rings. The van der Waals surface area contributed by atoms with Crippen LogP contribution in [0.15, 0.2) is 28.7 Å². The molecule has 5 nitrogen and oxygen atoms in total. The number of rotatable bonds is 5. The van der Waals surface area contributed by atoms with E-state index >= 15 is 0 Å². The number of carboxylic acid groups (broad SMARTS) is 1. The Labute approximate surface area is 138 Å². The molecule has 1 aliphatic rings. The zero-order valence-electron chi connectivity index (χ0n) is 11.4. The summed E-state index contributed by atoms with van der Waals surface area (Å²) in [4.78, 5) is 24.7. The number of aliphatic carboxylic acids is 1. The highest BCUT2D eigenvalue weighted by molar-refractivity contribution is 9.10. The van der Waals surface area contributed by atoms with Crippen molar-refractivity contribution in [1.29, 1.82) is 0 Å². The van der Waals surface area contributed by atoms with E-state index in [0.29, 0.717) is 25.9 Å². The van der Waals surface area contributed by atoms with Crippen LogP contribution in [0.25, 0.3) is 0 Å². The molecule has 21 heavy (non-hydrogen) atoms. The Morgan fingerprint density at radius 1 is 1.33 bits per heavy atom. The molecule has 2 N–H and O–H groups in total. The van der Waals surface area contributed by atoms with Crippen molar-refractivity contribution in [2.24, 2.45) is 5.92 Å². The molecule has 0 spiro atoms. The van der Waals surface area contributed by atoms with Gasteiger partial charge >= 0.3 is 5.97 Å². The molecule has 0 aromatic heterocycles. The van der Waals surface area contributed by atoms with Gasteiger partial charge in [-0.2, -0.15) is 0 Å². The fourth-order valence-electron chi connectivity index (χ4n) is 2.25. The number of halogens is 2. The van der Waals surface area contributed by atoms with Gasteiger partial charge < -0.3 is 15.3 Å². The van der Waals surface area contributed by atoms with Gasteiger partial charge in [-0.25, -0.2) is 0 Å². The number of benzene rings is 1. The van der Waals surface area contributed by atoms with Crippen LogP contribution in [-0.4, -0.2) is 41.5 Å². The Hall–Kier alpha value is -1.11. The van der Waals surface area contributed by atoms with E-state index in [9.17, 15) is 9.59 Å². The summed E-state index contributed by atoms with van der Waals surface area (Å²) in [7, 11) is 0. The van der Waals surface area contributed by atoms with Crippen LogP contribution in [0.1, 0.15) is 12.8 Å². The fraction of sp³-hybridized carbons (Fsp3) is 0.429. The van der Waals surface area contributed by atoms with E-state index in [0.717, 1.165) is 16.7 Å². The number of anilines is 1. The molecule has 1 unspecified atom stereocenters. The Kier molecular flexibility index (Phi) is 7.14. The normalized spacial score (nSPS) is 18.0. The third-order valence-electron chi connectivity index (χ3n) is 3.40. The van der Waals surface area contributed by atoms with E-state index in [1.165, 1.54) is 0 Å². The predicted octanol–water partition coefficient (Wildman–Crippen LogP) is 2.61. The lowest BCUT2D eigenvalue weighted by molar-refractivity contribution is -0.141. The maximum atomic E-state index is 11.8. The number of carboxylic acids is 1.